The third-order valence-electron chi connectivity index (χ3n) is 0.671. The van der Waals surface area contributed by atoms with Gasteiger partial charge in [0, 0.05) is 5.57 Å². The van der Waals surface area contributed by atoms with E-state index >= 15 is 0 Å². The molecule has 0 aliphatic rings. The van der Waals surface area contributed by atoms with Gasteiger partial charge in [-0.25, -0.2) is 4.79 Å². The van der Waals surface area contributed by atoms with Crippen LogP contribution in [0.5, 0.6) is 0 Å². The molecule has 0 saturated heterocycles. The van der Waals surface area contributed by atoms with Crippen molar-refractivity contribution in [1.29, 1.82) is 0 Å². The number of hydrogen-bond acceptors (Lipinski definition) is 2. The van der Waals surface area contributed by atoms with Gasteiger partial charge in [-0.15, -0.1) is 0 Å². The van der Waals surface area contributed by atoms with Crippen molar-refractivity contribution < 1.29 is 9.53 Å². The Labute approximate surface area is 56.7 Å². The van der Waals surface area contributed by atoms with Gasteiger partial charge in [0.25, 0.3) is 0 Å². The summed E-state index contributed by atoms with van der Waals surface area (Å²) in [5, 5.41) is 0. The van der Waals surface area contributed by atoms with Crippen LogP contribution in [-0.4, -0.2) is 13.1 Å². The molecule has 46 valence electrons. The summed E-state index contributed by atoms with van der Waals surface area (Å²) in [6, 6.07) is 0. The molecule has 0 amide bonds. The van der Waals surface area contributed by atoms with Gasteiger partial charge < -0.3 is 4.74 Å². The number of carbonyl (C=O) groups excluding carboxylic acids is 1. The van der Waals surface area contributed by atoms with Gasteiger partial charge in [0.2, 0.25) is 0 Å². The van der Waals surface area contributed by atoms with Crippen LogP contribution in [0, 0.1) is 0 Å². The van der Waals surface area contributed by atoms with Gasteiger partial charge in [-0.05, 0) is 11.9 Å². The van der Waals surface area contributed by atoms with Crippen LogP contribution < -0.4 is 0 Å². The fourth-order valence-corrected chi connectivity index (χ4v) is 0.392. The van der Waals surface area contributed by atoms with Crippen LogP contribution in [0.25, 0.3) is 0 Å². The van der Waals surface area contributed by atoms with Crippen molar-refractivity contribution in [3.63, 3.8) is 0 Å². The molecule has 0 aliphatic carbocycles. The standard InChI is InChI=1S/C5H7BrO2/c1-4(3-6)5(7)8-2/h3H,1-2H3/b4-3+. The molecule has 0 aromatic carbocycles. The summed E-state index contributed by atoms with van der Waals surface area (Å²) in [6.07, 6.45) is 0. The first kappa shape index (κ1) is 7.69. The minimum Gasteiger partial charge on any atom is -0.466 e. The molecule has 0 aromatic rings. The zero-order valence-electron chi connectivity index (χ0n) is 4.77. The number of carbonyl (C=O) groups is 1. The first-order valence-electron chi connectivity index (χ1n) is 2.07. The first-order valence-corrected chi connectivity index (χ1v) is 2.99. The smallest absolute Gasteiger partial charge is 0.333 e. The molecule has 0 rings (SSSR count). The van der Waals surface area contributed by atoms with E-state index in [0.29, 0.717) is 5.57 Å². The average molecular weight is 179 g/mol. The molecule has 3 heteroatoms. The maximum Gasteiger partial charge on any atom is 0.333 e. The van der Waals surface area contributed by atoms with Gasteiger partial charge in [0.15, 0.2) is 0 Å². The Balaban J connectivity index is 3.83. The number of rotatable bonds is 1. The number of esters is 1. The highest BCUT2D eigenvalue weighted by Gasteiger charge is 1.98. The van der Waals surface area contributed by atoms with Gasteiger partial charge in [-0.1, -0.05) is 15.9 Å². The summed E-state index contributed by atoms with van der Waals surface area (Å²) in [5.74, 6) is -0.304. The van der Waals surface area contributed by atoms with Gasteiger partial charge >= 0.3 is 5.97 Å². The van der Waals surface area contributed by atoms with Crippen LogP contribution in [0.15, 0.2) is 10.6 Å². The van der Waals surface area contributed by atoms with Crippen LogP contribution in [-0.2, 0) is 9.53 Å². The Morgan fingerprint density at radius 2 is 2.25 bits per heavy atom. The molecule has 0 N–H and O–H groups in total. The SMILES string of the molecule is COC(=O)/C(C)=C/Br. The Kier molecular flexibility index (Phi) is 3.52. The molecule has 0 unspecified atom stereocenters. The Morgan fingerprint density at radius 3 is 2.38 bits per heavy atom. The molecule has 0 fully saturated rings. The molecular weight excluding hydrogens is 172 g/mol. The molecule has 0 radical (unpaired) electrons. The van der Waals surface area contributed by atoms with Gasteiger partial charge in [-0.3, -0.25) is 0 Å². The van der Waals surface area contributed by atoms with E-state index < -0.39 is 0 Å². The average Bonchev–Trinajstić information content (AvgIpc) is 1.84. The predicted octanol–water partition coefficient (Wildman–Crippen LogP) is 1.46. The highest BCUT2D eigenvalue weighted by atomic mass is 79.9. The second-order valence-corrected chi connectivity index (χ2v) is 1.74. The van der Waals surface area contributed by atoms with E-state index in [1.165, 1.54) is 12.1 Å². The maximum atomic E-state index is 10.4. The van der Waals surface area contributed by atoms with Crippen LogP contribution in [0.3, 0.4) is 0 Å². The largest absolute Gasteiger partial charge is 0.466 e. The molecule has 0 bridgehead atoms. The van der Waals surface area contributed by atoms with E-state index in [1.807, 2.05) is 0 Å². The van der Waals surface area contributed by atoms with Crippen molar-refractivity contribution >= 4 is 21.9 Å². The highest BCUT2D eigenvalue weighted by molar-refractivity contribution is 9.11. The van der Waals surface area contributed by atoms with E-state index in [0.717, 1.165) is 0 Å². The van der Waals surface area contributed by atoms with Crippen molar-refractivity contribution in [2.45, 2.75) is 6.92 Å². The topological polar surface area (TPSA) is 26.3 Å². The molecule has 8 heavy (non-hydrogen) atoms. The van der Waals surface area contributed by atoms with Crippen molar-refractivity contribution in [1.82, 2.24) is 0 Å². The lowest BCUT2D eigenvalue weighted by molar-refractivity contribution is -0.136. The van der Waals surface area contributed by atoms with Crippen molar-refractivity contribution in [3.05, 3.63) is 10.6 Å². The number of ether oxygens (including phenoxy) is 1. The summed E-state index contributed by atoms with van der Waals surface area (Å²) >= 11 is 2.99. The fourth-order valence-electron chi connectivity index (χ4n) is 0.206. The summed E-state index contributed by atoms with van der Waals surface area (Å²) in [4.78, 5) is 11.9. The lowest BCUT2D eigenvalue weighted by Crippen LogP contribution is -1.99. The van der Waals surface area contributed by atoms with E-state index in [9.17, 15) is 4.79 Å². The third-order valence-corrected chi connectivity index (χ3v) is 1.36. The molecule has 0 saturated carbocycles. The number of halogens is 1. The summed E-state index contributed by atoms with van der Waals surface area (Å²) in [7, 11) is 1.35. The van der Waals surface area contributed by atoms with E-state index in [2.05, 4.69) is 20.7 Å². The molecule has 2 nitrogen and oxygen atoms in total. The Hall–Kier alpha value is -0.310. The van der Waals surface area contributed by atoms with Crippen molar-refractivity contribution in [2.24, 2.45) is 0 Å². The quantitative estimate of drug-likeness (QED) is 0.449. The molecular formula is C5H7BrO2. The maximum absolute atomic E-state index is 10.4. The minimum atomic E-state index is -0.304. The summed E-state index contributed by atoms with van der Waals surface area (Å²) in [6.45, 7) is 1.67. The van der Waals surface area contributed by atoms with Crippen LogP contribution in [0.4, 0.5) is 0 Å². The minimum absolute atomic E-state index is 0.304. The van der Waals surface area contributed by atoms with Gasteiger partial charge in [-0.2, -0.15) is 0 Å². The van der Waals surface area contributed by atoms with Gasteiger partial charge in [0.05, 0.1) is 7.11 Å². The van der Waals surface area contributed by atoms with Gasteiger partial charge in [0.1, 0.15) is 0 Å². The Bertz CT molecular complexity index is 118. The zero-order valence-corrected chi connectivity index (χ0v) is 6.36. The summed E-state index contributed by atoms with van der Waals surface area (Å²) in [5.41, 5.74) is 0.563. The molecule has 0 aromatic heterocycles. The molecule has 0 spiro atoms. The van der Waals surface area contributed by atoms with Crippen LogP contribution in [0.2, 0.25) is 0 Å². The van der Waals surface area contributed by atoms with E-state index in [4.69, 9.17) is 0 Å². The molecule has 0 heterocycles. The number of hydrogen-bond donors (Lipinski definition) is 0. The van der Waals surface area contributed by atoms with Crippen LogP contribution >= 0.6 is 15.9 Å². The third kappa shape index (κ3) is 2.12. The highest BCUT2D eigenvalue weighted by Crippen LogP contribution is 1.97. The molecule has 0 atom stereocenters. The van der Waals surface area contributed by atoms with E-state index in [-0.39, 0.29) is 5.97 Å². The normalized spacial score (nSPS) is 11.1. The summed E-state index contributed by atoms with van der Waals surface area (Å²) < 4.78 is 4.37. The van der Waals surface area contributed by atoms with Crippen molar-refractivity contribution in [2.75, 3.05) is 7.11 Å². The monoisotopic (exact) mass is 178 g/mol. The van der Waals surface area contributed by atoms with E-state index in [1.54, 1.807) is 6.92 Å². The second-order valence-electron chi connectivity index (χ2n) is 1.28. The zero-order chi connectivity index (χ0) is 6.57. The second kappa shape index (κ2) is 3.66. The first-order chi connectivity index (χ1) is 3.72. The lowest BCUT2D eigenvalue weighted by Gasteiger charge is -1.93. The number of methoxy groups -OCH3 is 1. The molecule has 0 aliphatic heterocycles. The Morgan fingerprint density at radius 1 is 1.75 bits per heavy atom. The lowest BCUT2D eigenvalue weighted by atomic mass is 10.4. The van der Waals surface area contributed by atoms with Crippen LogP contribution in [0.1, 0.15) is 6.92 Å². The fraction of sp³-hybridized carbons (Fsp3) is 0.400. The van der Waals surface area contributed by atoms with Crippen molar-refractivity contribution in [3.8, 4) is 0 Å². The predicted molar refractivity (Wildman–Crippen MR) is 34.7 cm³/mol.